The van der Waals surface area contributed by atoms with Gasteiger partial charge in [0.2, 0.25) is 5.91 Å². The number of amides is 1. The fourth-order valence-electron chi connectivity index (χ4n) is 4.33. The van der Waals surface area contributed by atoms with Gasteiger partial charge in [-0.25, -0.2) is 14.2 Å². The third-order valence-corrected chi connectivity index (χ3v) is 7.32. The third-order valence-electron chi connectivity index (χ3n) is 6.40. The topological polar surface area (TPSA) is 169 Å². The molecule has 1 aliphatic carbocycles. The first kappa shape index (κ1) is 32.8. The van der Waals surface area contributed by atoms with Gasteiger partial charge >= 0.3 is 17.9 Å². The molecule has 13 heteroatoms. The summed E-state index contributed by atoms with van der Waals surface area (Å²) in [5.74, 6) is -5.16. The molecule has 1 saturated carbocycles. The fraction of sp³-hybridized carbons (Fsp3) is 0.519. The fourth-order valence-corrected chi connectivity index (χ4v) is 5.17. The molecule has 4 N–H and O–H groups in total. The molecule has 1 amide bonds. The Morgan fingerprint density at radius 3 is 2.12 bits per heavy atom. The van der Waals surface area contributed by atoms with Crippen LogP contribution < -0.4 is 0 Å². The van der Waals surface area contributed by atoms with Crippen molar-refractivity contribution in [2.45, 2.75) is 63.0 Å². The van der Waals surface area contributed by atoms with Crippen molar-refractivity contribution >= 4 is 35.2 Å². The van der Waals surface area contributed by atoms with Gasteiger partial charge in [0, 0.05) is 30.1 Å². The Balaban J connectivity index is 0.000000366. The highest BCUT2D eigenvalue weighted by Gasteiger charge is 2.40. The van der Waals surface area contributed by atoms with Gasteiger partial charge < -0.3 is 30.2 Å². The number of benzene rings is 1. The van der Waals surface area contributed by atoms with E-state index in [1.54, 1.807) is 18.2 Å². The highest BCUT2D eigenvalue weighted by molar-refractivity contribution is 7.13. The maximum atomic E-state index is 14.0. The molecule has 11 nitrogen and oxygen atoms in total. The number of thiazole rings is 1. The van der Waals surface area contributed by atoms with Crippen LogP contribution in [0.2, 0.25) is 0 Å². The number of likely N-dealkylation sites (N-methyl/N-ethyl adjacent to an activating group) is 1. The molecular weight excluding hydrogens is 545 g/mol. The van der Waals surface area contributed by atoms with Gasteiger partial charge in [-0.2, -0.15) is 0 Å². The average Bonchev–Trinajstić information content (AvgIpc) is 3.32. The molecule has 0 aliphatic heterocycles. The lowest BCUT2D eigenvalue weighted by atomic mass is 9.94. The summed E-state index contributed by atoms with van der Waals surface area (Å²) in [4.78, 5) is 52.2. The summed E-state index contributed by atoms with van der Waals surface area (Å²) >= 11 is 1.39. The number of rotatable bonds is 12. The van der Waals surface area contributed by atoms with Crippen LogP contribution in [0, 0.1) is 5.82 Å². The van der Waals surface area contributed by atoms with Gasteiger partial charge in [-0.15, -0.1) is 11.3 Å². The smallest absolute Gasteiger partial charge is 0.336 e. The van der Waals surface area contributed by atoms with Crippen LogP contribution >= 0.6 is 11.3 Å². The number of nitrogens with zero attached hydrogens (tertiary/aromatic N) is 3. The summed E-state index contributed by atoms with van der Waals surface area (Å²) < 4.78 is 14.0. The second kappa shape index (κ2) is 15.4. The molecule has 0 unspecified atom stereocenters. The lowest BCUT2D eigenvalue weighted by molar-refractivity contribution is -0.170. The van der Waals surface area contributed by atoms with Gasteiger partial charge in [0.15, 0.2) is 5.60 Å². The summed E-state index contributed by atoms with van der Waals surface area (Å²) in [6.07, 6.45) is 3.85. The van der Waals surface area contributed by atoms with Crippen LogP contribution in [0.1, 0.15) is 50.6 Å². The van der Waals surface area contributed by atoms with Crippen molar-refractivity contribution in [2.75, 3.05) is 27.2 Å². The number of carbonyl (C=O) groups excluding carboxylic acids is 1. The minimum absolute atomic E-state index is 0.133. The molecule has 40 heavy (non-hydrogen) atoms. The first-order valence-electron chi connectivity index (χ1n) is 12.8. The summed E-state index contributed by atoms with van der Waals surface area (Å²) in [6, 6.07) is 6.98. The normalized spacial score (nSPS) is 13.8. The second-order valence-electron chi connectivity index (χ2n) is 9.96. The zero-order valence-corrected chi connectivity index (χ0v) is 23.4. The molecule has 2 aromatic rings. The monoisotopic (exact) mass is 581 g/mol. The maximum Gasteiger partial charge on any atom is 0.336 e. The summed E-state index contributed by atoms with van der Waals surface area (Å²) in [7, 11) is 4.06. The van der Waals surface area contributed by atoms with E-state index in [2.05, 4.69) is 14.8 Å². The minimum atomic E-state index is -2.74. The van der Waals surface area contributed by atoms with Crippen molar-refractivity contribution in [3.8, 4) is 10.6 Å². The number of aliphatic carboxylic acids is 3. The van der Waals surface area contributed by atoms with Crippen molar-refractivity contribution in [1.29, 1.82) is 0 Å². The first-order valence-corrected chi connectivity index (χ1v) is 13.7. The van der Waals surface area contributed by atoms with Crippen molar-refractivity contribution in [3.05, 3.63) is 41.2 Å². The Morgan fingerprint density at radius 1 is 1.00 bits per heavy atom. The van der Waals surface area contributed by atoms with E-state index in [1.165, 1.54) is 36.7 Å². The van der Waals surface area contributed by atoms with E-state index < -0.39 is 36.4 Å². The van der Waals surface area contributed by atoms with Crippen LogP contribution in [0.3, 0.4) is 0 Å². The number of halogens is 1. The number of hydrogen-bond donors (Lipinski definition) is 4. The Bertz CT molecular complexity index is 1150. The quantitative estimate of drug-likeness (QED) is 0.292. The summed E-state index contributed by atoms with van der Waals surface area (Å²) in [5, 5.41) is 36.3. The number of carboxylic acids is 3. The number of aliphatic hydroxyl groups is 1. The van der Waals surface area contributed by atoms with Crippen LogP contribution in [-0.2, 0) is 25.6 Å². The molecule has 1 fully saturated rings. The predicted octanol–water partition coefficient (Wildman–Crippen LogP) is 2.97. The molecule has 1 aromatic carbocycles. The molecule has 1 aliphatic rings. The van der Waals surface area contributed by atoms with Crippen molar-refractivity contribution in [3.63, 3.8) is 0 Å². The van der Waals surface area contributed by atoms with E-state index in [-0.39, 0.29) is 18.1 Å². The number of carboxylic acid groups (broad SMARTS) is 3. The van der Waals surface area contributed by atoms with Gasteiger partial charge in [0.1, 0.15) is 10.8 Å². The molecule has 1 heterocycles. The zero-order chi connectivity index (χ0) is 29.9. The van der Waals surface area contributed by atoms with Gasteiger partial charge in [0.05, 0.1) is 25.0 Å². The third kappa shape index (κ3) is 10.3. The average molecular weight is 582 g/mol. The molecule has 3 rings (SSSR count). The van der Waals surface area contributed by atoms with Crippen LogP contribution in [0.5, 0.6) is 0 Å². The SMILES string of the molecule is CN(C)CCN(C(=O)Cc1csc(-c2ccccc2F)n1)C1CCCCC1.O=C(O)CC(O)(CC(=O)O)C(=O)O. The van der Waals surface area contributed by atoms with E-state index in [1.807, 2.05) is 19.5 Å². The Hall–Kier alpha value is -3.42. The highest BCUT2D eigenvalue weighted by Crippen LogP contribution is 2.27. The van der Waals surface area contributed by atoms with Gasteiger partial charge in [-0.3, -0.25) is 14.4 Å². The molecule has 0 atom stereocenters. The van der Waals surface area contributed by atoms with Crippen molar-refractivity contribution in [1.82, 2.24) is 14.8 Å². The Kier molecular flexibility index (Phi) is 12.6. The lowest BCUT2D eigenvalue weighted by Gasteiger charge is -2.35. The molecule has 0 saturated heterocycles. The highest BCUT2D eigenvalue weighted by atomic mass is 32.1. The first-order chi connectivity index (χ1) is 18.8. The summed E-state index contributed by atoms with van der Waals surface area (Å²) in [5.41, 5.74) is -1.51. The largest absolute Gasteiger partial charge is 0.481 e. The van der Waals surface area contributed by atoms with Crippen LogP contribution in [0.4, 0.5) is 4.39 Å². The van der Waals surface area contributed by atoms with Gasteiger partial charge in [0.25, 0.3) is 0 Å². The van der Waals surface area contributed by atoms with E-state index in [9.17, 15) is 23.6 Å². The molecule has 0 radical (unpaired) electrons. The number of hydrogen-bond acceptors (Lipinski definition) is 8. The predicted molar refractivity (Wildman–Crippen MR) is 145 cm³/mol. The van der Waals surface area contributed by atoms with E-state index in [0.29, 0.717) is 16.6 Å². The summed E-state index contributed by atoms with van der Waals surface area (Å²) in [6.45, 7) is 1.61. The zero-order valence-electron chi connectivity index (χ0n) is 22.6. The molecular formula is C27H36FN3O8S. The Morgan fingerprint density at radius 2 is 1.60 bits per heavy atom. The molecule has 0 spiro atoms. The number of aromatic nitrogens is 1. The van der Waals surface area contributed by atoms with E-state index in [4.69, 9.17) is 20.4 Å². The second-order valence-corrected chi connectivity index (χ2v) is 10.8. The molecule has 0 bridgehead atoms. The van der Waals surface area contributed by atoms with Crippen LogP contribution in [-0.4, -0.2) is 97.9 Å². The standard InChI is InChI=1S/C21H28FN3OS.C6H8O7/c1-24(2)12-13-25(17-8-4-3-5-9-17)20(26)14-16-15-27-21(23-16)18-10-6-7-11-19(18)22;7-3(8)1-6(13,5(11)12)2-4(9)10/h6-7,10-11,15,17H,3-5,8-9,12-14H2,1-2H3;13H,1-2H2,(H,7,8)(H,9,10)(H,11,12). The van der Waals surface area contributed by atoms with E-state index >= 15 is 0 Å². The minimum Gasteiger partial charge on any atom is -0.481 e. The maximum absolute atomic E-state index is 14.0. The van der Waals surface area contributed by atoms with Crippen molar-refractivity contribution < 1.29 is 44.0 Å². The molecule has 220 valence electrons. The lowest BCUT2D eigenvalue weighted by Crippen LogP contribution is -2.45. The van der Waals surface area contributed by atoms with E-state index in [0.717, 1.165) is 31.6 Å². The van der Waals surface area contributed by atoms with Gasteiger partial charge in [-0.1, -0.05) is 31.4 Å². The van der Waals surface area contributed by atoms with Gasteiger partial charge in [-0.05, 0) is 39.1 Å². The molecule has 1 aromatic heterocycles. The van der Waals surface area contributed by atoms with Crippen LogP contribution in [0.25, 0.3) is 10.6 Å². The van der Waals surface area contributed by atoms with Crippen molar-refractivity contribution in [2.24, 2.45) is 0 Å². The Labute approximate surface area is 235 Å². The number of carbonyl (C=O) groups is 4. The van der Waals surface area contributed by atoms with Crippen LogP contribution in [0.15, 0.2) is 29.6 Å².